The van der Waals surface area contributed by atoms with Crippen molar-refractivity contribution in [3.63, 3.8) is 0 Å². The van der Waals surface area contributed by atoms with Crippen LogP contribution in [0.3, 0.4) is 0 Å². The Kier molecular flexibility index (Phi) is 2.98. The molecule has 0 spiro atoms. The van der Waals surface area contributed by atoms with E-state index in [1.165, 1.54) is 12.1 Å². The maximum atomic E-state index is 11.0. The van der Waals surface area contributed by atoms with E-state index in [1.54, 1.807) is 6.92 Å². The molecule has 20 heavy (non-hydrogen) atoms. The Morgan fingerprint density at radius 3 is 2.75 bits per heavy atom. The van der Waals surface area contributed by atoms with Gasteiger partial charge in [-0.15, -0.1) is 10.2 Å². The molecule has 0 amide bonds. The van der Waals surface area contributed by atoms with Gasteiger partial charge in [0.25, 0.3) is 5.69 Å². The van der Waals surface area contributed by atoms with Crippen LogP contribution in [0.2, 0.25) is 0 Å². The van der Waals surface area contributed by atoms with E-state index in [0.717, 1.165) is 18.4 Å². The van der Waals surface area contributed by atoms with Crippen LogP contribution in [0.4, 0.5) is 5.69 Å². The highest BCUT2D eigenvalue weighted by Crippen LogP contribution is 2.39. The van der Waals surface area contributed by atoms with Crippen LogP contribution in [0, 0.1) is 17.0 Å². The van der Waals surface area contributed by atoms with Crippen LogP contribution in [0.1, 0.15) is 30.3 Å². The second-order valence-electron chi connectivity index (χ2n) is 5.01. The maximum Gasteiger partial charge on any atom is 0.270 e. The van der Waals surface area contributed by atoms with E-state index in [0.29, 0.717) is 23.3 Å². The summed E-state index contributed by atoms with van der Waals surface area (Å²) >= 11 is 0. The lowest BCUT2D eigenvalue weighted by atomic mass is 10.1. The average molecular weight is 274 g/mol. The van der Waals surface area contributed by atoms with Gasteiger partial charge in [0.1, 0.15) is 6.61 Å². The molecule has 1 fully saturated rings. The van der Waals surface area contributed by atoms with Gasteiger partial charge in [0.05, 0.1) is 4.92 Å². The Balaban J connectivity index is 2.13. The van der Waals surface area contributed by atoms with Gasteiger partial charge in [0.15, 0.2) is 11.6 Å². The lowest BCUT2D eigenvalue weighted by molar-refractivity contribution is -0.384. The summed E-state index contributed by atoms with van der Waals surface area (Å²) in [6.07, 6.45) is 2.04. The number of aromatic nitrogens is 3. The number of aliphatic hydroxyl groups is 1. The number of aliphatic hydroxyl groups excluding tert-OH is 1. The van der Waals surface area contributed by atoms with Crippen molar-refractivity contribution in [2.75, 3.05) is 0 Å². The first-order chi connectivity index (χ1) is 9.60. The summed E-state index contributed by atoms with van der Waals surface area (Å²) in [5.74, 6) is 1.09. The molecular formula is C13H14N4O3. The zero-order valence-electron chi connectivity index (χ0n) is 11.0. The largest absolute Gasteiger partial charge is 0.388 e. The van der Waals surface area contributed by atoms with Crippen LogP contribution < -0.4 is 0 Å². The van der Waals surface area contributed by atoms with Gasteiger partial charge in [0.2, 0.25) is 0 Å². The van der Waals surface area contributed by atoms with Crippen molar-refractivity contribution in [1.82, 2.24) is 14.8 Å². The number of rotatable bonds is 4. The molecule has 0 unspecified atom stereocenters. The number of non-ortho nitro benzene ring substituents is 1. The lowest BCUT2D eigenvalue weighted by Gasteiger charge is -2.08. The summed E-state index contributed by atoms with van der Waals surface area (Å²) in [6.45, 7) is 1.62. The summed E-state index contributed by atoms with van der Waals surface area (Å²) < 4.78 is 1.89. The van der Waals surface area contributed by atoms with E-state index in [2.05, 4.69) is 10.2 Å². The van der Waals surface area contributed by atoms with E-state index in [-0.39, 0.29) is 12.3 Å². The normalized spacial score (nSPS) is 14.5. The monoisotopic (exact) mass is 274 g/mol. The molecule has 1 N–H and O–H groups in total. The molecular weight excluding hydrogens is 260 g/mol. The van der Waals surface area contributed by atoms with E-state index in [1.807, 2.05) is 10.6 Å². The highest BCUT2D eigenvalue weighted by molar-refractivity contribution is 5.61. The van der Waals surface area contributed by atoms with Crippen molar-refractivity contribution in [3.05, 3.63) is 39.7 Å². The number of hydrogen-bond acceptors (Lipinski definition) is 5. The van der Waals surface area contributed by atoms with E-state index in [4.69, 9.17) is 0 Å². The number of nitrogens with zero attached hydrogens (tertiary/aromatic N) is 4. The Hall–Kier alpha value is -2.28. The van der Waals surface area contributed by atoms with Crippen molar-refractivity contribution in [2.45, 2.75) is 32.4 Å². The molecule has 0 atom stereocenters. The minimum Gasteiger partial charge on any atom is -0.388 e. The van der Waals surface area contributed by atoms with Crippen LogP contribution in [-0.4, -0.2) is 24.8 Å². The minimum atomic E-state index is -0.415. The van der Waals surface area contributed by atoms with Crippen LogP contribution >= 0.6 is 0 Å². The van der Waals surface area contributed by atoms with Crippen LogP contribution in [-0.2, 0) is 6.61 Å². The fourth-order valence-corrected chi connectivity index (χ4v) is 2.34. The Morgan fingerprint density at radius 2 is 2.15 bits per heavy atom. The van der Waals surface area contributed by atoms with Crippen molar-refractivity contribution < 1.29 is 10.0 Å². The van der Waals surface area contributed by atoms with E-state index < -0.39 is 4.92 Å². The molecule has 2 aromatic rings. The van der Waals surface area contributed by atoms with Gasteiger partial charge in [-0.25, -0.2) is 0 Å². The Morgan fingerprint density at radius 1 is 1.40 bits per heavy atom. The third-order valence-corrected chi connectivity index (χ3v) is 3.35. The summed E-state index contributed by atoms with van der Waals surface area (Å²) in [5, 5.41) is 28.3. The Bertz CT molecular complexity index is 676. The van der Waals surface area contributed by atoms with Crippen LogP contribution in [0.15, 0.2) is 18.2 Å². The smallest absolute Gasteiger partial charge is 0.270 e. The summed E-state index contributed by atoms with van der Waals surface area (Å²) in [6, 6.07) is 5.16. The molecule has 7 heteroatoms. The van der Waals surface area contributed by atoms with Gasteiger partial charge in [-0.3, -0.25) is 10.1 Å². The molecule has 104 valence electrons. The predicted octanol–water partition coefficient (Wildman–Crippen LogP) is 1.99. The molecule has 3 rings (SSSR count). The van der Waals surface area contributed by atoms with Gasteiger partial charge in [0, 0.05) is 23.7 Å². The van der Waals surface area contributed by atoms with Crippen LogP contribution in [0.25, 0.3) is 11.4 Å². The highest BCUT2D eigenvalue weighted by Gasteiger charge is 2.30. The molecule has 0 saturated heterocycles. The first-order valence-electron chi connectivity index (χ1n) is 6.41. The van der Waals surface area contributed by atoms with Crippen molar-refractivity contribution in [2.24, 2.45) is 0 Å². The second kappa shape index (κ2) is 4.68. The fraction of sp³-hybridized carbons (Fsp3) is 0.385. The van der Waals surface area contributed by atoms with Gasteiger partial charge >= 0.3 is 0 Å². The molecule has 0 radical (unpaired) electrons. The first-order valence-corrected chi connectivity index (χ1v) is 6.41. The zero-order chi connectivity index (χ0) is 14.3. The lowest BCUT2D eigenvalue weighted by Crippen LogP contribution is -2.03. The molecule has 7 nitrogen and oxygen atoms in total. The Labute approximate surface area is 115 Å². The molecule has 1 aromatic heterocycles. The molecule has 0 aliphatic heterocycles. The molecule has 1 heterocycles. The number of aryl methyl sites for hydroxylation is 1. The summed E-state index contributed by atoms with van der Waals surface area (Å²) in [5.41, 5.74) is 1.50. The minimum absolute atomic E-state index is 0.0379. The number of benzene rings is 1. The number of hydrogen-bond donors (Lipinski definition) is 1. The van der Waals surface area contributed by atoms with Gasteiger partial charge in [-0.2, -0.15) is 0 Å². The summed E-state index contributed by atoms with van der Waals surface area (Å²) in [7, 11) is 0. The van der Waals surface area contributed by atoms with Crippen LogP contribution in [0.5, 0.6) is 0 Å². The van der Waals surface area contributed by atoms with E-state index in [9.17, 15) is 15.2 Å². The average Bonchev–Trinajstić information content (AvgIpc) is 3.16. The van der Waals surface area contributed by atoms with Gasteiger partial charge < -0.3 is 9.67 Å². The predicted molar refractivity (Wildman–Crippen MR) is 71.0 cm³/mol. The maximum absolute atomic E-state index is 11.0. The highest BCUT2D eigenvalue weighted by atomic mass is 16.6. The second-order valence-corrected chi connectivity index (χ2v) is 5.01. The number of nitro groups is 1. The third kappa shape index (κ3) is 2.16. The SMILES string of the molecule is Cc1cc(-c2nnc(CO)n2C2CC2)cc([N+](=O)[O-])c1. The van der Waals surface area contributed by atoms with Crippen molar-refractivity contribution in [3.8, 4) is 11.4 Å². The molecule has 1 aliphatic rings. The zero-order valence-corrected chi connectivity index (χ0v) is 11.0. The molecule has 1 aromatic carbocycles. The molecule has 1 saturated carbocycles. The topological polar surface area (TPSA) is 94.1 Å². The van der Waals surface area contributed by atoms with Gasteiger partial charge in [-0.05, 0) is 31.4 Å². The third-order valence-electron chi connectivity index (χ3n) is 3.35. The molecule has 0 bridgehead atoms. The summed E-state index contributed by atoms with van der Waals surface area (Å²) in [4.78, 5) is 10.5. The quantitative estimate of drug-likeness (QED) is 0.679. The van der Waals surface area contributed by atoms with Gasteiger partial charge in [-0.1, -0.05) is 0 Å². The fourth-order valence-electron chi connectivity index (χ4n) is 2.34. The molecule has 1 aliphatic carbocycles. The first kappa shape index (κ1) is 12.7. The van der Waals surface area contributed by atoms with E-state index >= 15 is 0 Å². The van der Waals surface area contributed by atoms with Crippen molar-refractivity contribution >= 4 is 5.69 Å². The van der Waals surface area contributed by atoms with Crippen molar-refractivity contribution in [1.29, 1.82) is 0 Å². The number of nitro benzene ring substituents is 1. The standard InChI is InChI=1S/C13H14N4O3/c1-8-4-9(6-11(5-8)17(19)20)13-15-14-12(7-18)16(13)10-2-3-10/h4-6,10,18H,2-3,7H2,1H3.